The Morgan fingerprint density at radius 3 is 2.58 bits per heavy atom. The molecule has 1 N–H and O–H groups in total. The van der Waals surface area contributed by atoms with Gasteiger partial charge in [-0.2, -0.15) is 5.26 Å². The van der Waals surface area contributed by atoms with E-state index in [2.05, 4.69) is 5.32 Å². The molecule has 5 nitrogen and oxygen atoms in total. The van der Waals surface area contributed by atoms with Crippen LogP contribution in [0.2, 0.25) is 5.02 Å². The van der Waals surface area contributed by atoms with Gasteiger partial charge in [0.05, 0.1) is 18.7 Å². The van der Waals surface area contributed by atoms with E-state index in [-0.39, 0.29) is 5.57 Å². The zero-order valence-electron chi connectivity index (χ0n) is 14.8. The summed E-state index contributed by atoms with van der Waals surface area (Å²) < 4.78 is 10.7. The van der Waals surface area contributed by atoms with Crippen LogP contribution in [0.5, 0.6) is 11.5 Å². The van der Waals surface area contributed by atoms with Crippen LogP contribution in [0.15, 0.2) is 42.0 Å². The first kappa shape index (κ1) is 19.4. The zero-order chi connectivity index (χ0) is 19.1. The second-order valence-corrected chi connectivity index (χ2v) is 5.86. The minimum atomic E-state index is -0.499. The summed E-state index contributed by atoms with van der Waals surface area (Å²) in [4.78, 5) is 12.4. The normalized spacial score (nSPS) is 10.8. The molecule has 26 heavy (non-hydrogen) atoms. The molecule has 2 aromatic rings. The van der Waals surface area contributed by atoms with E-state index in [1.54, 1.807) is 24.3 Å². The highest BCUT2D eigenvalue weighted by atomic mass is 35.5. The fraction of sp³-hybridized carbons (Fsp3) is 0.200. The molecule has 2 aromatic carbocycles. The molecule has 0 saturated carbocycles. The highest BCUT2D eigenvalue weighted by Crippen LogP contribution is 2.36. The summed E-state index contributed by atoms with van der Waals surface area (Å²) in [6.07, 6.45) is 1.46. The van der Waals surface area contributed by atoms with Gasteiger partial charge in [-0.05, 0) is 49.8 Å². The molecule has 0 fully saturated rings. The molecule has 0 aliphatic rings. The number of nitriles is 1. The van der Waals surface area contributed by atoms with Crippen LogP contribution < -0.4 is 14.8 Å². The summed E-state index contributed by atoms with van der Waals surface area (Å²) in [6.45, 7) is 4.22. The van der Waals surface area contributed by atoms with E-state index in [4.69, 9.17) is 21.1 Å². The highest BCUT2D eigenvalue weighted by Gasteiger charge is 2.14. The van der Waals surface area contributed by atoms with Crippen LogP contribution in [0.3, 0.4) is 0 Å². The largest absolute Gasteiger partial charge is 0.491 e. The lowest BCUT2D eigenvalue weighted by Crippen LogP contribution is -2.13. The third-order valence-electron chi connectivity index (χ3n) is 3.52. The SMILES string of the molecule is CCOc1cc(/C=C(\C#N)C(=O)Nc2ccc(C)cc2)cc(Cl)c1OC. The molecule has 1 amide bonds. The fourth-order valence-corrected chi connectivity index (χ4v) is 2.58. The maximum atomic E-state index is 12.4. The van der Waals surface area contributed by atoms with Crippen LogP contribution in [-0.2, 0) is 4.79 Å². The summed E-state index contributed by atoms with van der Waals surface area (Å²) in [5, 5.41) is 12.4. The number of carbonyl (C=O) groups excluding carboxylic acids is 1. The number of hydrogen-bond donors (Lipinski definition) is 1. The molecule has 0 atom stereocenters. The Hall–Kier alpha value is -2.97. The third kappa shape index (κ3) is 4.78. The van der Waals surface area contributed by atoms with Crippen molar-refractivity contribution in [1.29, 1.82) is 5.26 Å². The maximum Gasteiger partial charge on any atom is 0.266 e. The first-order valence-corrected chi connectivity index (χ1v) is 8.36. The van der Waals surface area contributed by atoms with Crippen LogP contribution >= 0.6 is 11.6 Å². The molecule has 0 aromatic heterocycles. The Labute approximate surface area is 157 Å². The van der Waals surface area contributed by atoms with Crippen molar-refractivity contribution in [3.8, 4) is 17.6 Å². The number of halogens is 1. The van der Waals surface area contributed by atoms with Crippen LogP contribution in [0.25, 0.3) is 6.08 Å². The lowest BCUT2D eigenvalue weighted by Gasteiger charge is -2.12. The van der Waals surface area contributed by atoms with E-state index in [1.807, 2.05) is 32.0 Å². The molecule has 0 aliphatic carbocycles. The summed E-state index contributed by atoms with van der Waals surface area (Å²) >= 11 is 6.20. The molecule has 6 heteroatoms. The second-order valence-electron chi connectivity index (χ2n) is 5.46. The van der Waals surface area contributed by atoms with Gasteiger partial charge in [0.25, 0.3) is 5.91 Å². The molecular weight excluding hydrogens is 352 g/mol. The number of nitrogens with zero attached hydrogens (tertiary/aromatic N) is 1. The topological polar surface area (TPSA) is 71.3 Å². The van der Waals surface area contributed by atoms with E-state index < -0.39 is 5.91 Å². The number of ether oxygens (including phenoxy) is 2. The highest BCUT2D eigenvalue weighted by molar-refractivity contribution is 6.32. The fourth-order valence-electron chi connectivity index (χ4n) is 2.28. The second kappa shape index (κ2) is 8.93. The minimum absolute atomic E-state index is 0.0470. The van der Waals surface area contributed by atoms with Crippen LogP contribution in [0.4, 0.5) is 5.69 Å². The van der Waals surface area contributed by atoms with Gasteiger partial charge in [-0.3, -0.25) is 4.79 Å². The standard InChI is InChI=1S/C20H19ClN2O3/c1-4-26-18-11-14(10-17(21)19(18)25-3)9-15(12-22)20(24)23-16-7-5-13(2)6-8-16/h5-11H,4H2,1-3H3,(H,23,24)/b15-9+. The molecular formula is C20H19ClN2O3. The van der Waals surface area contributed by atoms with Crippen molar-refractivity contribution in [2.75, 3.05) is 19.0 Å². The molecule has 0 saturated heterocycles. The average Bonchev–Trinajstić information content (AvgIpc) is 2.61. The van der Waals surface area contributed by atoms with Crippen molar-refractivity contribution in [2.24, 2.45) is 0 Å². The number of anilines is 1. The summed E-state index contributed by atoms with van der Waals surface area (Å²) in [5.74, 6) is 0.361. The Morgan fingerprint density at radius 2 is 2.00 bits per heavy atom. The number of aryl methyl sites for hydroxylation is 1. The van der Waals surface area contributed by atoms with Gasteiger partial charge in [0.2, 0.25) is 0 Å². The summed E-state index contributed by atoms with van der Waals surface area (Å²) in [7, 11) is 1.50. The number of benzene rings is 2. The average molecular weight is 371 g/mol. The first-order valence-electron chi connectivity index (χ1n) is 7.98. The molecule has 134 valence electrons. The first-order chi connectivity index (χ1) is 12.5. The van der Waals surface area contributed by atoms with E-state index in [0.29, 0.717) is 34.4 Å². The van der Waals surface area contributed by atoms with E-state index in [1.165, 1.54) is 13.2 Å². The van der Waals surface area contributed by atoms with Crippen molar-refractivity contribution in [3.63, 3.8) is 0 Å². The lowest BCUT2D eigenvalue weighted by molar-refractivity contribution is -0.112. The molecule has 0 unspecified atom stereocenters. The van der Waals surface area contributed by atoms with E-state index in [9.17, 15) is 10.1 Å². The summed E-state index contributed by atoms with van der Waals surface area (Å²) in [6, 6.07) is 12.5. The number of hydrogen-bond acceptors (Lipinski definition) is 4. The van der Waals surface area contributed by atoms with Gasteiger partial charge in [0, 0.05) is 5.69 Å². The number of carbonyl (C=O) groups is 1. The van der Waals surface area contributed by atoms with E-state index >= 15 is 0 Å². The lowest BCUT2D eigenvalue weighted by atomic mass is 10.1. The quantitative estimate of drug-likeness (QED) is 0.595. The maximum absolute atomic E-state index is 12.4. The Bertz CT molecular complexity index is 868. The Balaban J connectivity index is 2.31. The zero-order valence-corrected chi connectivity index (χ0v) is 15.6. The molecule has 0 radical (unpaired) electrons. The van der Waals surface area contributed by atoms with Gasteiger partial charge in [0.15, 0.2) is 11.5 Å². The van der Waals surface area contributed by atoms with Crippen LogP contribution in [-0.4, -0.2) is 19.6 Å². The van der Waals surface area contributed by atoms with Gasteiger partial charge in [0.1, 0.15) is 11.6 Å². The predicted molar refractivity (Wildman–Crippen MR) is 103 cm³/mol. The van der Waals surface area contributed by atoms with Crippen LogP contribution in [0.1, 0.15) is 18.1 Å². The molecule has 2 rings (SSSR count). The van der Waals surface area contributed by atoms with Gasteiger partial charge in [-0.15, -0.1) is 0 Å². The number of amides is 1. The van der Waals surface area contributed by atoms with Crippen molar-refractivity contribution < 1.29 is 14.3 Å². The van der Waals surface area contributed by atoms with Crippen molar-refractivity contribution >= 4 is 29.3 Å². The van der Waals surface area contributed by atoms with Crippen molar-refractivity contribution in [2.45, 2.75) is 13.8 Å². The van der Waals surface area contributed by atoms with E-state index in [0.717, 1.165) is 5.56 Å². The van der Waals surface area contributed by atoms with Crippen molar-refractivity contribution in [3.05, 3.63) is 58.1 Å². The third-order valence-corrected chi connectivity index (χ3v) is 3.80. The van der Waals surface area contributed by atoms with Crippen LogP contribution in [0, 0.1) is 18.3 Å². The van der Waals surface area contributed by atoms with Gasteiger partial charge < -0.3 is 14.8 Å². The molecule has 0 aliphatic heterocycles. The van der Waals surface area contributed by atoms with Crippen molar-refractivity contribution in [1.82, 2.24) is 0 Å². The van der Waals surface area contributed by atoms with Gasteiger partial charge >= 0.3 is 0 Å². The Kier molecular flexibility index (Phi) is 6.65. The smallest absolute Gasteiger partial charge is 0.266 e. The molecule has 0 bridgehead atoms. The molecule has 0 heterocycles. The minimum Gasteiger partial charge on any atom is -0.491 e. The Morgan fingerprint density at radius 1 is 1.31 bits per heavy atom. The number of methoxy groups -OCH3 is 1. The predicted octanol–water partition coefficient (Wildman–Crippen LogP) is 4.60. The number of rotatable bonds is 6. The number of nitrogens with one attached hydrogen (secondary N) is 1. The van der Waals surface area contributed by atoms with Gasteiger partial charge in [-0.1, -0.05) is 29.3 Å². The monoisotopic (exact) mass is 370 g/mol. The molecule has 0 spiro atoms. The summed E-state index contributed by atoms with van der Waals surface area (Å²) in [5.41, 5.74) is 2.21. The van der Waals surface area contributed by atoms with Gasteiger partial charge in [-0.25, -0.2) is 0 Å².